The van der Waals surface area contributed by atoms with Gasteiger partial charge in [0.05, 0.1) is 12.7 Å². The van der Waals surface area contributed by atoms with Gasteiger partial charge in [-0.05, 0) is 18.8 Å². The molecule has 0 amide bonds. The van der Waals surface area contributed by atoms with Crippen LogP contribution in [0.2, 0.25) is 0 Å². The van der Waals surface area contributed by atoms with Crippen molar-refractivity contribution in [3.63, 3.8) is 0 Å². The lowest BCUT2D eigenvalue weighted by Gasteiger charge is -2.23. The van der Waals surface area contributed by atoms with Gasteiger partial charge < -0.3 is 20.3 Å². The molecule has 104 valence electrons. The molecule has 3 N–H and O–H groups in total. The van der Waals surface area contributed by atoms with E-state index in [1.54, 1.807) is 0 Å². The highest BCUT2D eigenvalue weighted by atomic mass is 16.5. The van der Waals surface area contributed by atoms with E-state index in [0.717, 1.165) is 25.9 Å². The lowest BCUT2D eigenvalue weighted by Crippen LogP contribution is -2.40. The number of hydrogen-bond acceptors (Lipinski definition) is 4. The van der Waals surface area contributed by atoms with Gasteiger partial charge in [0, 0.05) is 25.8 Å². The van der Waals surface area contributed by atoms with Crippen LogP contribution < -0.4 is 5.32 Å². The predicted octanol–water partition coefficient (Wildman–Crippen LogP) is 1.16. The molecule has 17 heavy (non-hydrogen) atoms. The number of ether oxygens (including phenoxy) is 1. The van der Waals surface area contributed by atoms with Crippen molar-refractivity contribution in [2.24, 2.45) is 5.92 Å². The molecular weight excluding hydrogens is 218 g/mol. The molecule has 4 heteroatoms. The standard InChI is InChI=1S/C13H29NO3/c1-4-5-8-17-10-12(16)9-14-13(6-7-15)11(2)3/h11-16H,4-10H2,1-3H3. The van der Waals surface area contributed by atoms with Crippen LogP contribution in [0.15, 0.2) is 0 Å². The summed E-state index contributed by atoms with van der Waals surface area (Å²) in [6.07, 6.45) is 2.41. The SMILES string of the molecule is CCCCOCC(O)CNC(CCO)C(C)C. The second kappa shape index (κ2) is 11.0. The monoisotopic (exact) mass is 247 g/mol. The molecule has 0 aliphatic rings. The van der Waals surface area contributed by atoms with Crippen LogP contribution >= 0.6 is 0 Å². The van der Waals surface area contributed by atoms with Crippen molar-refractivity contribution in [1.82, 2.24) is 5.32 Å². The molecule has 0 saturated carbocycles. The van der Waals surface area contributed by atoms with E-state index in [4.69, 9.17) is 9.84 Å². The number of unbranched alkanes of at least 4 members (excludes halogenated alkanes) is 1. The zero-order valence-electron chi connectivity index (χ0n) is 11.5. The van der Waals surface area contributed by atoms with Crippen LogP contribution in [-0.4, -0.2) is 48.7 Å². The van der Waals surface area contributed by atoms with E-state index in [1.807, 2.05) is 0 Å². The van der Waals surface area contributed by atoms with E-state index in [9.17, 15) is 5.11 Å². The van der Waals surface area contributed by atoms with Gasteiger partial charge in [-0.1, -0.05) is 27.2 Å². The fourth-order valence-electron chi connectivity index (χ4n) is 1.62. The van der Waals surface area contributed by atoms with Crippen molar-refractivity contribution in [3.8, 4) is 0 Å². The summed E-state index contributed by atoms with van der Waals surface area (Å²) in [5.74, 6) is 0.454. The van der Waals surface area contributed by atoms with Gasteiger partial charge in [0.2, 0.25) is 0 Å². The smallest absolute Gasteiger partial charge is 0.0897 e. The highest BCUT2D eigenvalue weighted by Crippen LogP contribution is 2.05. The van der Waals surface area contributed by atoms with Crippen molar-refractivity contribution in [2.45, 2.75) is 52.2 Å². The van der Waals surface area contributed by atoms with Crippen LogP contribution in [-0.2, 0) is 4.74 Å². The number of aliphatic hydroxyl groups is 2. The van der Waals surface area contributed by atoms with E-state index >= 15 is 0 Å². The van der Waals surface area contributed by atoms with Crippen molar-refractivity contribution in [2.75, 3.05) is 26.4 Å². The third kappa shape index (κ3) is 9.53. The summed E-state index contributed by atoms with van der Waals surface area (Å²) in [6, 6.07) is 0.255. The van der Waals surface area contributed by atoms with E-state index in [2.05, 4.69) is 26.1 Å². The van der Waals surface area contributed by atoms with Gasteiger partial charge in [-0.2, -0.15) is 0 Å². The summed E-state index contributed by atoms with van der Waals surface area (Å²) >= 11 is 0. The highest BCUT2D eigenvalue weighted by Gasteiger charge is 2.13. The molecule has 0 aromatic rings. The first-order valence-corrected chi connectivity index (χ1v) is 6.71. The minimum atomic E-state index is -0.466. The Labute approximate surface area is 105 Å². The molecule has 0 aliphatic carbocycles. The lowest BCUT2D eigenvalue weighted by molar-refractivity contribution is 0.0332. The minimum absolute atomic E-state index is 0.180. The Morgan fingerprint density at radius 1 is 1.29 bits per heavy atom. The summed E-state index contributed by atoms with van der Waals surface area (Å²) in [5, 5.41) is 21.9. The Morgan fingerprint density at radius 3 is 2.53 bits per heavy atom. The van der Waals surface area contributed by atoms with Crippen LogP contribution in [0.25, 0.3) is 0 Å². The quantitative estimate of drug-likeness (QED) is 0.480. The van der Waals surface area contributed by atoms with Crippen LogP contribution in [0.4, 0.5) is 0 Å². The van der Waals surface area contributed by atoms with Gasteiger partial charge in [-0.25, -0.2) is 0 Å². The average Bonchev–Trinajstić information content (AvgIpc) is 2.29. The van der Waals surface area contributed by atoms with Crippen LogP contribution in [0, 0.1) is 5.92 Å². The first-order chi connectivity index (χ1) is 8.11. The fraction of sp³-hybridized carbons (Fsp3) is 1.00. The molecule has 0 aliphatic heterocycles. The normalized spacial score (nSPS) is 15.2. The largest absolute Gasteiger partial charge is 0.396 e. The molecule has 0 saturated heterocycles. The lowest BCUT2D eigenvalue weighted by atomic mass is 10.0. The van der Waals surface area contributed by atoms with Crippen LogP contribution in [0.5, 0.6) is 0 Å². The maximum absolute atomic E-state index is 9.70. The number of rotatable bonds is 11. The molecule has 2 unspecified atom stereocenters. The zero-order valence-corrected chi connectivity index (χ0v) is 11.5. The number of nitrogens with one attached hydrogen (secondary N) is 1. The maximum Gasteiger partial charge on any atom is 0.0897 e. The molecule has 0 aromatic carbocycles. The summed E-state index contributed by atoms with van der Waals surface area (Å²) in [6.45, 7) is 8.14. The zero-order chi connectivity index (χ0) is 13.1. The Morgan fingerprint density at radius 2 is 2.00 bits per heavy atom. The van der Waals surface area contributed by atoms with Crippen molar-refractivity contribution in [1.29, 1.82) is 0 Å². The average molecular weight is 247 g/mol. The van der Waals surface area contributed by atoms with Crippen LogP contribution in [0.1, 0.15) is 40.0 Å². The molecule has 0 radical (unpaired) electrons. The van der Waals surface area contributed by atoms with E-state index in [0.29, 0.717) is 19.1 Å². The molecule has 0 rings (SSSR count). The van der Waals surface area contributed by atoms with E-state index in [-0.39, 0.29) is 12.6 Å². The third-order valence-electron chi connectivity index (χ3n) is 2.81. The molecule has 0 heterocycles. The second-order valence-electron chi connectivity index (χ2n) is 4.85. The fourth-order valence-corrected chi connectivity index (χ4v) is 1.62. The Hall–Kier alpha value is -0.160. The molecule has 0 bridgehead atoms. The third-order valence-corrected chi connectivity index (χ3v) is 2.81. The molecular formula is C13H29NO3. The highest BCUT2D eigenvalue weighted by molar-refractivity contribution is 4.72. The summed E-state index contributed by atoms with van der Waals surface area (Å²) < 4.78 is 5.35. The van der Waals surface area contributed by atoms with Gasteiger partial charge in [-0.3, -0.25) is 0 Å². The summed E-state index contributed by atoms with van der Waals surface area (Å²) in [7, 11) is 0. The second-order valence-corrected chi connectivity index (χ2v) is 4.85. The van der Waals surface area contributed by atoms with Gasteiger partial charge in [0.25, 0.3) is 0 Å². The minimum Gasteiger partial charge on any atom is -0.396 e. The summed E-state index contributed by atoms with van der Waals surface area (Å²) in [5.41, 5.74) is 0. The Kier molecular flexibility index (Phi) is 10.9. The maximum atomic E-state index is 9.70. The predicted molar refractivity (Wildman–Crippen MR) is 70.1 cm³/mol. The molecule has 0 spiro atoms. The molecule has 4 nitrogen and oxygen atoms in total. The Bertz CT molecular complexity index is 165. The Balaban J connectivity index is 3.61. The van der Waals surface area contributed by atoms with Crippen molar-refractivity contribution >= 4 is 0 Å². The van der Waals surface area contributed by atoms with Gasteiger partial charge in [0.15, 0.2) is 0 Å². The van der Waals surface area contributed by atoms with Gasteiger partial charge >= 0.3 is 0 Å². The molecule has 2 atom stereocenters. The topological polar surface area (TPSA) is 61.7 Å². The number of aliphatic hydroxyl groups excluding tert-OH is 2. The number of hydrogen-bond donors (Lipinski definition) is 3. The summed E-state index contributed by atoms with van der Waals surface area (Å²) in [4.78, 5) is 0. The van der Waals surface area contributed by atoms with Gasteiger partial charge in [0.1, 0.15) is 0 Å². The molecule has 0 fully saturated rings. The van der Waals surface area contributed by atoms with E-state index in [1.165, 1.54) is 0 Å². The first kappa shape index (κ1) is 16.8. The van der Waals surface area contributed by atoms with Crippen molar-refractivity contribution < 1.29 is 14.9 Å². The van der Waals surface area contributed by atoms with Crippen LogP contribution in [0.3, 0.4) is 0 Å². The van der Waals surface area contributed by atoms with E-state index < -0.39 is 6.10 Å². The first-order valence-electron chi connectivity index (χ1n) is 6.71. The van der Waals surface area contributed by atoms with Crippen molar-refractivity contribution in [3.05, 3.63) is 0 Å². The van der Waals surface area contributed by atoms with Gasteiger partial charge in [-0.15, -0.1) is 0 Å². The molecule has 0 aromatic heterocycles.